The van der Waals surface area contributed by atoms with Crippen molar-refractivity contribution in [3.8, 4) is 0 Å². The molecule has 3 heteroatoms. The molecule has 3 nitrogen and oxygen atoms in total. The number of carbonyl (C=O) groups is 1. The van der Waals surface area contributed by atoms with E-state index in [0.29, 0.717) is 12.5 Å². The molecule has 0 radical (unpaired) electrons. The minimum Gasteiger partial charge on any atom is -0.351 e. The standard InChI is InChI=1S/C18H28N2O/c1-18(2,12-11-14-7-4-3-5-8-14)20-17(21)16-10-6-9-15(16)13-19/h3-5,7-8,15-16H,6,9-13,19H2,1-2H3,(H,20,21)/t15-,16-/m1/s1. The highest BCUT2D eigenvalue weighted by Crippen LogP contribution is 2.31. The molecule has 0 unspecified atom stereocenters. The first-order valence-electron chi connectivity index (χ1n) is 8.08. The van der Waals surface area contributed by atoms with Crippen molar-refractivity contribution in [2.45, 2.75) is 51.5 Å². The second-order valence-corrected chi connectivity index (χ2v) is 6.89. The molecule has 1 aliphatic rings. The molecule has 0 aromatic heterocycles. The smallest absolute Gasteiger partial charge is 0.223 e. The van der Waals surface area contributed by atoms with Crippen LogP contribution >= 0.6 is 0 Å². The highest BCUT2D eigenvalue weighted by atomic mass is 16.2. The van der Waals surface area contributed by atoms with Crippen molar-refractivity contribution in [1.29, 1.82) is 0 Å². The Bertz CT molecular complexity index is 456. The molecule has 0 saturated heterocycles. The summed E-state index contributed by atoms with van der Waals surface area (Å²) in [6.07, 6.45) is 5.15. The molecule has 116 valence electrons. The molecule has 1 aromatic carbocycles. The van der Waals surface area contributed by atoms with Crippen molar-refractivity contribution in [3.05, 3.63) is 35.9 Å². The molecule has 1 fully saturated rings. The largest absolute Gasteiger partial charge is 0.351 e. The van der Waals surface area contributed by atoms with Crippen LogP contribution < -0.4 is 11.1 Å². The van der Waals surface area contributed by atoms with Crippen LogP contribution in [-0.4, -0.2) is 18.0 Å². The Labute approximate surface area is 128 Å². The molecule has 1 aromatic rings. The van der Waals surface area contributed by atoms with E-state index in [-0.39, 0.29) is 17.4 Å². The van der Waals surface area contributed by atoms with Gasteiger partial charge in [0.05, 0.1) is 0 Å². The van der Waals surface area contributed by atoms with Gasteiger partial charge in [-0.3, -0.25) is 4.79 Å². The Hall–Kier alpha value is -1.35. The molecule has 2 rings (SSSR count). The summed E-state index contributed by atoms with van der Waals surface area (Å²) in [6.45, 7) is 4.85. The summed E-state index contributed by atoms with van der Waals surface area (Å²) in [5.74, 6) is 0.682. The first kappa shape index (κ1) is 16.0. The Morgan fingerprint density at radius 1 is 1.29 bits per heavy atom. The predicted molar refractivity (Wildman–Crippen MR) is 86.9 cm³/mol. The number of hydrogen-bond acceptors (Lipinski definition) is 2. The van der Waals surface area contributed by atoms with Crippen molar-refractivity contribution in [2.24, 2.45) is 17.6 Å². The molecular weight excluding hydrogens is 260 g/mol. The maximum absolute atomic E-state index is 12.5. The van der Waals surface area contributed by atoms with E-state index in [1.54, 1.807) is 0 Å². The molecule has 0 spiro atoms. The summed E-state index contributed by atoms with van der Waals surface area (Å²) in [7, 11) is 0. The van der Waals surface area contributed by atoms with Crippen LogP contribution in [0.5, 0.6) is 0 Å². The molecule has 2 atom stereocenters. The Balaban J connectivity index is 1.86. The molecule has 1 aliphatic carbocycles. The summed E-state index contributed by atoms with van der Waals surface area (Å²) in [4.78, 5) is 12.5. The average Bonchev–Trinajstić information content (AvgIpc) is 2.94. The zero-order valence-corrected chi connectivity index (χ0v) is 13.3. The van der Waals surface area contributed by atoms with Crippen LogP contribution in [0.15, 0.2) is 30.3 Å². The monoisotopic (exact) mass is 288 g/mol. The maximum atomic E-state index is 12.5. The van der Waals surface area contributed by atoms with Gasteiger partial charge in [0, 0.05) is 11.5 Å². The Kier molecular flexibility index (Phi) is 5.40. The van der Waals surface area contributed by atoms with Gasteiger partial charge in [0.15, 0.2) is 0 Å². The molecule has 1 saturated carbocycles. The van der Waals surface area contributed by atoms with Gasteiger partial charge in [0.25, 0.3) is 0 Å². The van der Waals surface area contributed by atoms with Gasteiger partial charge in [-0.1, -0.05) is 36.8 Å². The fourth-order valence-corrected chi connectivity index (χ4v) is 3.25. The van der Waals surface area contributed by atoms with Gasteiger partial charge >= 0.3 is 0 Å². The van der Waals surface area contributed by atoms with E-state index in [9.17, 15) is 4.79 Å². The predicted octanol–water partition coefficient (Wildman–Crippen LogP) is 2.89. The van der Waals surface area contributed by atoms with E-state index in [1.165, 1.54) is 5.56 Å². The highest BCUT2D eigenvalue weighted by molar-refractivity contribution is 5.80. The molecule has 0 bridgehead atoms. The summed E-state index contributed by atoms with van der Waals surface area (Å²) in [6, 6.07) is 10.4. The Morgan fingerprint density at radius 2 is 2.00 bits per heavy atom. The van der Waals surface area contributed by atoms with E-state index in [4.69, 9.17) is 5.73 Å². The average molecular weight is 288 g/mol. The summed E-state index contributed by atoms with van der Waals surface area (Å²) in [5.41, 5.74) is 6.93. The van der Waals surface area contributed by atoms with Crippen LogP contribution in [0.1, 0.15) is 45.1 Å². The number of hydrogen-bond donors (Lipinski definition) is 2. The maximum Gasteiger partial charge on any atom is 0.223 e. The lowest BCUT2D eigenvalue weighted by Gasteiger charge is -2.29. The van der Waals surface area contributed by atoms with E-state index in [2.05, 4.69) is 43.4 Å². The third kappa shape index (κ3) is 4.57. The normalized spacial score (nSPS) is 22.2. The zero-order chi connectivity index (χ0) is 15.3. The summed E-state index contributed by atoms with van der Waals surface area (Å²) >= 11 is 0. The summed E-state index contributed by atoms with van der Waals surface area (Å²) in [5, 5.41) is 3.24. The number of carbonyl (C=O) groups excluding carboxylic acids is 1. The zero-order valence-electron chi connectivity index (χ0n) is 13.3. The lowest BCUT2D eigenvalue weighted by Crippen LogP contribution is -2.47. The van der Waals surface area contributed by atoms with Gasteiger partial charge in [-0.2, -0.15) is 0 Å². The number of amides is 1. The topological polar surface area (TPSA) is 55.1 Å². The number of aryl methyl sites for hydroxylation is 1. The van der Waals surface area contributed by atoms with E-state index in [0.717, 1.165) is 32.1 Å². The number of benzene rings is 1. The summed E-state index contributed by atoms with van der Waals surface area (Å²) < 4.78 is 0. The third-order valence-corrected chi connectivity index (χ3v) is 4.64. The fourth-order valence-electron chi connectivity index (χ4n) is 3.25. The number of nitrogens with one attached hydrogen (secondary N) is 1. The number of nitrogens with two attached hydrogens (primary N) is 1. The van der Waals surface area contributed by atoms with Crippen molar-refractivity contribution in [3.63, 3.8) is 0 Å². The first-order valence-corrected chi connectivity index (χ1v) is 8.08. The van der Waals surface area contributed by atoms with Crippen LogP contribution in [-0.2, 0) is 11.2 Å². The second kappa shape index (κ2) is 7.08. The van der Waals surface area contributed by atoms with Gasteiger partial charge in [-0.05, 0) is 57.6 Å². The fraction of sp³-hybridized carbons (Fsp3) is 0.611. The van der Waals surface area contributed by atoms with Gasteiger partial charge in [-0.25, -0.2) is 0 Å². The van der Waals surface area contributed by atoms with Crippen molar-refractivity contribution in [2.75, 3.05) is 6.54 Å². The molecule has 21 heavy (non-hydrogen) atoms. The van der Waals surface area contributed by atoms with Crippen molar-refractivity contribution >= 4 is 5.91 Å². The van der Waals surface area contributed by atoms with Crippen LogP contribution in [0.25, 0.3) is 0 Å². The molecule has 1 amide bonds. The lowest BCUT2D eigenvalue weighted by molar-refractivity contribution is -0.127. The van der Waals surface area contributed by atoms with E-state index < -0.39 is 0 Å². The van der Waals surface area contributed by atoms with E-state index in [1.807, 2.05) is 6.07 Å². The molecule has 0 aliphatic heterocycles. The van der Waals surface area contributed by atoms with Gasteiger partial charge in [0.2, 0.25) is 5.91 Å². The SMILES string of the molecule is CC(C)(CCc1ccccc1)NC(=O)[C@@H]1CCC[C@@H]1CN. The third-order valence-electron chi connectivity index (χ3n) is 4.64. The highest BCUT2D eigenvalue weighted by Gasteiger charge is 2.34. The molecule has 3 N–H and O–H groups in total. The Morgan fingerprint density at radius 3 is 2.67 bits per heavy atom. The molecule has 0 heterocycles. The first-order chi connectivity index (χ1) is 10.0. The van der Waals surface area contributed by atoms with Crippen molar-refractivity contribution in [1.82, 2.24) is 5.32 Å². The molecular formula is C18H28N2O. The quantitative estimate of drug-likeness (QED) is 0.845. The lowest BCUT2D eigenvalue weighted by atomic mass is 9.91. The van der Waals surface area contributed by atoms with Crippen LogP contribution in [0.3, 0.4) is 0 Å². The van der Waals surface area contributed by atoms with Gasteiger partial charge in [0.1, 0.15) is 0 Å². The van der Waals surface area contributed by atoms with Crippen LogP contribution in [0.2, 0.25) is 0 Å². The minimum atomic E-state index is -0.172. The minimum absolute atomic E-state index is 0.117. The van der Waals surface area contributed by atoms with Gasteiger partial charge in [-0.15, -0.1) is 0 Å². The van der Waals surface area contributed by atoms with Crippen LogP contribution in [0, 0.1) is 11.8 Å². The van der Waals surface area contributed by atoms with Crippen molar-refractivity contribution < 1.29 is 4.79 Å². The number of rotatable bonds is 6. The van der Waals surface area contributed by atoms with Crippen LogP contribution in [0.4, 0.5) is 0 Å². The second-order valence-electron chi connectivity index (χ2n) is 6.89. The van der Waals surface area contributed by atoms with E-state index >= 15 is 0 Å². The van der Waals surface area contributed by atoms with Gasteiger partial charge < -0.3 is 11.1 Å².